The van der Waals surface area contributed by atoms with E-state index in [4.69, 9.17) is 10.5 Å². The molecule has 1 saturated heterocycles. The summed E-state index contributed by atoms with van der Waals surface area (Å²) in [4.78, 5) is 2.44. The zero-order chi connectivity index (χ0) is 19.6. The highest BCUT2D eigenvalue weighted by Crippen LogP contribution is 2.30. The molecule has 2 aromatic rings. The van der Waals surface area contributed by atoms with Gasteiger partial charge in [0.15, 0.2) is 0 Å². The molecule has 0 spiro atoms. The number of nitrogens with one attached hydrogen (secondary N) is 1. The normalized spacial score (nSPS) is 18.0. The lowest BCUT2D eigenvalue weighted by Gasteiger charge is -2.19. The Labute approximate surface area is 176 Å². The smallest absolute Gasteiger partial charge is 0.240 e. The number of likely N-dealkylation sites (tertiary alicyclic amines) is 1. The predicted octanol–water partition coefficient (Wildman–Crippen LogP) is 3.36. The molecule has 1 aliphatic rings. The Morgan fingerprint density at radius 1 is 1.26 bits per heavy atom. The standard InChI is InChI=1S/C18H21Br2N3O3S/c1-26-15-2-4-16(5-3-15)27(24,25)22-14-6-7-23(11-14)10-12-8-13(19)9-17(20)18(12)21/h2-5,8-9,14,22H,6-7,10-11,21H2,1H3/t14-/m1/s1. The number of nitrogens with two attached hydrogens (primary N) is 1. The second-order valence-corrected chi connectivity index (χ2v) is 9.96. The zero-order valence-electron chi connectivity index (χ0n) is 14.8. The van der Waals surface area contributed by atoms with E-state index in [1.54, 1.807) is 31.4 Å². The highest BCUT2D eigenvalue weighted by molar-refractivity contribution is 9.11. The van der Waals surface area contributed by atoms with Crippen LogP contribution in [0, 0.1) is 0 Å². The Balaban J connectivity index is 1.64. The molecule has 146 valence electrons. The minimum atomic E-state index is -3.56. The molecule has 27 heavy (non-hydrogen) atoms. The zero-order valence-corrected chi connectivity index (χ0v) is 18.8. The summed E-state index contributed by atoms with van der Waals surface area (Å²) in [6, 6.07) is 10.2. The van der Waals surface area contributed by atoms with Crippen LogP contribution in [0.25, 0.3) is 0 Å². The number of benzene rings is 2. The number of anilines is 1. The second kappa shape index (κ2) is 8.48. The van der Waals surface area contributed by atoms with E-state index in [-0.39, 0.29) is 10.9 Å². The third-order valence-corrected chi connectivity index (χ3v) is 7.19. The summed E-state index contributed by atoms with van der Waals surface area (Å²) < 4.78 is 34.9. The fourth-order valence-electron chi connectivity index (χ4n) is 3.12. The van der Waals surface area contributed by atoms with Crippen molar-refractivity contribution in [2.45, 2.75) is 23.9 Å². The number of rotatable bonds is 6. The van der Waals surface area contributed by atoms with Gasteiger partial charge >= 0.3 is 0 Å². The van der Waals surface area contributed by atoms with E-state index in [0.29, 0.717) is 24.5 Å². The Hall–Kier alpha value is -1.13. The van der Waals surface area contributed by atoms with E-state index < -0.39 is 10.0 Å². The molecule has 1 heterocycles. The molecule has 0 radical (unpaired) electrons. The fraction of sp³-hybridized carbons (Fsp3) is 0.333. The third-order valence-electron chi connectivity index (χ3n) is 4.54. The number of hydrogen-bond acceptors (Lipinski definition) is 5. The predicted molar refractivity (Wildman–Crippen MR) is 113 cm³/mol. The number of methoxy groups -OCH3 is 1. The molecule has 0 unspecified atom stereocenters. The molecule has 2 aromatic carbocycles. The summed E-state index contributed by atoms with van der Waals surface area (Å²) in [6.45, 7) is 2.11. The van der Waals surface area contributed by atoms with Crippen molar-refractivity contribution in [3.05, 3.63) is 50.9 Å². The van der Waals surface area contributed by atoms with Gasteiger partial charge in [-0.3, -0.25) is 4.90 Å². The highest BCUT2D eigenvalue weighted by Gasteiger charge is 2.27. The van der Waals surface area contributed by atoms with Crippen LogP contribution in [0.4, 0.5) is 5.69 Å². The fourth-order valence-corrected chi connectivity index (χ4v) is 5.70. The first-order valence-corrected chi connectivity index (χ1v) is 11.5. The number of hydrogen-bond donors (Lipinski definition) is 2. The van der Waals surface area contributed by atoms with Gasteiger partial charge in [0.2, 0.25) is 10.0 Å². The van der Waals surface area contributed by atoms with Crippen molar-refractivity contribution < 1.29 is 13.2 Å². The largest absolute Gasteiger partial charge is 0.497 e. The van der Waals surface area contributed by atoms with Crippen molar-refractivity contribution in [3.8, 4) is 5.75 Å². The first-order valence-electron chi connectivity index (χ1n) is 8.40. The van der Waals surface area contributed by atoms with Gasteiger partial charge in [-0.2, -0.15) is 0 Å². The molecule has 3 rings (SSSR count). The first-order chi connectivity index (χ1) is 12.8. The quantitative estimate of drug-likeness (QED) is 0.573. The monoisotopic (exact) mass is 517 g/mol. The maximum Gasteiger partial charge on any atom is 0.240 e. The van der Waals surface area contributed by atoms with Crippen LogP contribution in [0.3, 0.4) is 0 Å². The Morgan fingerprint density at radius 2 is 1.96 bits per heavy atom. The van der Waals surface area contributed by atoms with Gasteiger partial charge in [-0.1, -0.05) is 15.9 Å². The van der Waals surface area contributed by atoms with Crippen molar-refractivity contribution >= 4 is 47.6 Å². The SMILES string of the molecule is COc1ccc(S(=O)(=O)N[C@@H]2CCN(Cc3cc(Br)cc(Br)c3N)C2)cc1. The van der Waals surface area contributed by atoms with E-state index in [1.807, 2.05) is 12.1 Å². The molecule has 1 aliphatic heterocycles. The van der Waals surface area contributed by atoms with E-state index in [9.17, 15) is 8.42 Å². The summed E-state index contributed by atoms with van der Waals surface area (Å²) in [5.41, 5.74) is 7.87. The number of nitrogens with zero attached hydrogens (tertiary/aromatic N) is 1. The Morgan fingerprint density at radius 3 is 2.63 bits per heavy atom. The summed E-state index contributed by atoms with van der Waals surface area (Å²) >= 11 is 6.94. The molecule has 0 aliphatic carbocycles. The molecule has 1 atom stereocenters. The van der Waals surface area contributed by atoms with Gasteiger partial charge in [0.05, 0.1) is 17.7 Å². The van der Waals surface area contributed by atoms with Crippen LogP contribution in [0.5, 0.6) is 5.75 Å². The summed E-state index contributed by atoms with van der Waals surface area (Å²) in [7, 11) is -2.01. The van der Waals surface area contributed by atoms with Gasteiger partial charge in [0.1, 0.15) is 5.75 Å². The minimum absolute atomic E-state index is 0.131. The number of ether oxygens (including phenoxy) is 1. The summed E-state index contributed by atoms with van der Waals surface area (Å²) in [5.74, 6) is 0.624. The molecule has 0 amide bonds. The topological polar surface area (TPSA) is 84.7 Å². The van der Waals surface area contributed by atoms with Crippen LogP contribution in [-0.4, -0.2) is 39.6 Å². The van der Waals surface area contributed by atoms with Gasteiger partial charge in [0, 0.05) is 34.6 Å². The van der Waals surface area contributed by atoms with Crippen LogP contribution in [0.2, 0.25) is 0 Å². The minimum Gasteiger partial charge on any atom is -0.497 e. The number of halogens is 2. The van der Waals surface area contributed by atoms with E-state index in [0.717, 1.165) is 27.5 Å². The third kappa shape index (κ3) is 5.03. The van der Waals surface area contributed by atoms with E-state index >= 15 is 0 Å². The van der Waals surface area contributed by atoms with Crippen LogP contribution in [-0.2, 0) is 16.6 Å². The first kappa shape index (κ1) is 20.6. The molecule has 6 nitrogen and oxygen atoms in total. The lowest BCUT2D eigenvalue weighted by atomic mass is 10.2. The van der Waals surface area contributed by atoms with Gasteiger partial charge in [-0.25, -0.2) is 13.1 Å². The molecular weight excluding hydrogens is 498 g/mol. The average molecular weight is 519 g/mol. The molecule has 0 aromatic heterocycles. The van der Waals surface area contributed by atoms with Crippen molar-refractivity contribution in [2.75, 3.05) is 25.9 Å². The lowest BCUT2D eigenvalue weighted by molar-refractivity contribution is 0.325. The van der Waals surface area contributed by atoms with Gasteiger partial charge < -0.3 is 10.5 Å². The second-order valence-electron chi connectivity index (χ2n) is 6.48. The van der Waals surface area contributed by atoms with Crippen molar-refractivity contribution in [3.63, 3.8) is 0 Å². The Kier molecular flexibility index (Phi) is 6.47. The maximum absolute atomic E-state index is 12.6. The van der Waals surface area contributed by atoms with Crippen molar-refractivity contribution in [1.29, 1.82) is 0 Å². The summed E-state index contributed by atoms with van der Waals surface area (Å²) in [5, 5.41) is 0. The Bertz CT molecular complexity index is 920. The lowest BCUT2D eigenvalue weighted by Crippen LogP contribution is -2.37. The van der Waals surface area contributed by atoms with Crippen LogP contribution >= 0.6 is 31.9 Å². The molecular formula is C18H21Br2N3O3S. The van der Waals surface area contributed by atoms with Crippen molar-refractivity contribution in [2.24, 2.45) is 0 Å². The maximum atomic E-state index is 12.6. The summed E-state index contributed by atoms with van der Waals surface area (Å²) in [6.07, 6.45) is 0.754. The molecule has 9 heteroatoms. The van der Waals surface area contributed by atoms with Crippen LogP contribution < -0.4 is 15.2 Å². The van der Waals surface area contributed by atoms with Crippen molar-refractivity contribution in [1.82, 2.24) is 9.62 Å². The highest BCUT2D eigenvalue weighted by atomic mass is 79.9. The van der Waals surface area contributed by atoms with Gasteiger partial charge in [-0.05, 0) is 64.3 Å². The molecule has 0 bridgehead atoms. The van der Waals surface area contributed by atoms with Gasteiger partial charge in [-0.15, -0.1) is 0 Å². The molecule has 0 saturated carbocycles. The van der Waals surface area contributed by atoms with E-state index in [2.05, 4.69) is 41.5 Å². The molecule has 3 N–H and O–H groups in total. The average Bonchev–Trinajstić information content (AvgIpc) is 3.05. The van der Waals surface area contributed by atoms with Crippen LogP contribution in [0.15, 0.2) is 50.2 Å². The number of sulfonamides is 1. The number of nitrogen functional groups attached to an aromatic ring is 1. The van der Waals surface area contributed by atoms with Gasteiger partial charge in [0.25, 0.3) is 0 Å². The van der Waals surface area contributed by atoms with E-state index in [1.165, 1.54) is 0 Å². The molecule has 1 fully saturated rings. The van der Waals surface area contributed by atoms with Crippen LogP contribution in [0.1, 0.15) is 12.0 Å².